The van der Waals surface area contributed by atoms with Crippen molar-refractivity contribution in [1.82, 2.24) is 4.98 Å². The Morgan fingerprint density at radius 1 is 1.24 bits per heavy atom. The van der Waals surface area contributed by atoms with Crippen LogP contribution in [-0.2, 0) is 19.5 Å². The van der Waals surface area contributed by atoms with Crippen molar-refractivity contribution in [1.29, 1.82) is 0 Å². The molecule has 0 amide bonds. The predicted molar refractivity (Wildman–Crippen MR) is 69.1 cm³/mol. The molecule has 2 heteroatoms. The predicted octanol–water partition coefficient (Wildman–Crippen LogP) is 4.15. The van der Waals surface area contributed by atoms with E-state index in [1.54, 1.807) is 0 Å². The van der Waals surface area contributed by atoms with Crippen molar-refractivity contribution in [3.63, 3.8) is 0 Å². The van der Waals surface area contributed by atoms with Gasteiger partial charge in [-0.1, -0.05) is 33.4 Å². The summed E-state index contributed by atoms with van der Waals surface area (Å²) in [5, 5.41) is 0. The van der Waals surface area contributed by atoms with Crippen molar-refractivity contribution in [3.05, 3.63) is 47.3 Å². The number of aromatic amines is 1. The number of allylic oxidation sites excluding steroid dienone is 4. The fourth-order valence-electron chi connectivity index (χ4n) is 1.50. The second-order valence-electron chi connectivity index (χ2n) is 5.17. The Kier molecular flexibility index (Phi) is 6.71. The van der Waals surface area contributed by atoms with E-state index >= 15 is 0 Å². The van der Waals surface area contributed by atoms with Gasteiger partial charge in [0.1, 0.15) is 0 Å². The molecule has 0 atom stereocenters. The van der Waals surface area contributed by atoms with Crippen LogP contribution in [0.1, 0.15) is 38.6 Å². The van der Waals surface area contributed by atoms with Gasteiger partial charge in [-0.25, -0.2) is 23.8 Å². The van der Waals surface area contributed by atoms with E-state index < -0.39 is 0 Å². The number of rotatable bonds is 0. The third kappa shape index (κ3) is 6.03. The molecule has 0 saturated carbocycles. The van der Waals surface area contributed by atoms with Crippen molar-refractivity contribution in [2.75, 3.05) is 0 Å². The third-order valence-electron chi connectivity index (χ3n) is 2.39. The van der Waals surface area contributed by atoms with E-state index in [-0.39, 0.29) is 19.5 Å². The molecule has 1 aliphatic carbocycles. The zero-order valence-corrected chi connectivity index (χ0v) is 13.0. The van der Waals surface area contributed by atoms with Gasteiger partial charge in [-0.3, -0.25) is 6.08 Å². The van der Waals surface area contributed by atoms with Crippen molar-refractivity contribution in [3.8, 4) is 0 Å². The minimum absolute atomic E-state index is 0. The van der Waals surface area contributed by atoms with Gasteiger partial charge in [0.2, 0.25) is 0 Å². The first kappa shape index (κ1) is 16.4. The van der Waals surface area contributed by atoms with Gasteiger partial charge >= 0.3 is 19.5 Å². The molecule has 17 heavy (non-hydrogen) atoms. The normalized spacial score (nSPS) is 13.6. The average Bonchev–Trinajstić information content (AvgIpc) is 2.76. The molecule has 0 aliphatic heterocycles. The van der Waals surface area contributed by atoms with Crippen LogP contribution in [0.5, 0.6) is 0 Å². The largest absolute Gasteiger partial charge is 2.00 e. The monoisotopic (exact) mass is 317 g/mol. The summed E-state index contributed by atoms with van der Waals surface area (Å²) >= 11 is 0. The van der Waals surface area contributed by atoms with Gasteiger partial charge < -0.3 is 4.98 Å². The molecular formula is C15H21NRu. The van der Waals surface area contributed by atoms with Crippen LogP contribution in [0.4, 0.5) is 0 Å². The van der Waals surface area contributed by atoms with E-state index in [9.17, 15) is 0 Å². The second-order valence-corrected chi connectivity index (χ2v) is 5.17. The smallest absolute Gasteiger partial charge is 0.456 e. The van der Waals surface area contributed by atoms with E-state index in [0.717, 1.165) is 12.1 Å². The molecule has 0 unspecified atom stereocenters. The third-order valence-corrected chi connectivity index (χ3v) is 2.39. The first-order valence-corrected chi connectivity index (χ1v) is 5.71. The topological polar surface area (TPSA) is 15.8 Å². The maximum absolute atomic E-state index is 3.30. The average molecular weight is 316 g/mol. The maximum atomic E-state index is 3.30. The first-order chi connectivity index (χ1) is 7.39. The number of H-pyrrole nitrogens is 1. The van der Waals surface area contributed by atoms with E-state index in [2.05, 4.69) is 50.0 Å². The molecule has 0 bridgehead atoms. The van der Waals surface area contributed by atoms with Crippen LogP contribution in [-0.4, -0.2) is 4.98 Å². The standard InChI is InChI=1S/C9H13.C6H8N.Ru/c1-9(2,3)8-6-4-5-7-8;1-5-3-4-6(2)7-5;/h4,6H,5H2,1-3H3;3,7H,1-2H3;/q2*-1;+2. The van der Waals surface area contributed by atoms with Gasteiger partial charge in [-0.2, -0.15) is 6.08 Å². The van der Waals surface area contributed by atoms with E-state index in [1.807, 2.05) is 19.9 Å². The number of aromatic nitrogens is 1. The quantitative estimate of drug-likeness (QED) is 0.547. The molecule has 0 saturated heterocycles. The molecule has 1 nitrogen and oxygen atoms in total. The van der Waals surface area contributed by atoms with Gasteiger partial charge in [0, 0.05) is 0 Å². The van der Waals surface area contributed by atoms with Crippen LogP contribution in [0.3, 0.4) is 0 Å². The fourth-order valence-corrected chi connectivity index (χ4v) is 1.50. The zero-order valence-electron chi connectivity index (χ0n) is 11.3. The van der Waals surface area contributed by atoms with Gasteiger partial charge in [0.25, 0.3) is 0 Å². The van der Waals surface area contributed by atoms with Crippen LogP contribution in [0.2, 0.25) is 0 Å². The zero-order chi connectivity index (χ0) is 12.2. The van der Waals surface area contributed by atoms with Crippen LogP contribution in [0.15, 0.2) is 23.8 Å². The Labute approximate surface area is 118 Å². The molecule has 1 N–H and O–H groups in total. The summed E-state index contributed by atoms with van der Waals surface area (Å²) in [5.74, 6) is 0. The number of nitrogens with one attached hydrogen (secondary N) is 1. The molecule has 0 spiro atoms. The number of hydrogen-bond donors (Lipinski definition) is 1. The fraction of sp³-hybridized carbons (Fsp3) is 0.467. The van der Waals surface area contributed by atoms with Gasteiger partial charge in [0.15, 0.2) is 0 Å². The summed E-state index contributed by atoms with van der Waals surface area (Å²) in [6.07, 6.45) is 8.63. The Morgan fingerprint density at radius 2 is 1.88 bits per heavy atom. The number of aryl methyl sites for hydroxylation is 2. The maximum Gasteiger partial charge on any atom is 2.00 e. The molecular weight excluding hydrogens is 295 g/mol. The van der Waals surface area contributed by atoms with Crippen LogP contribution < -0.4 is 0 Å². The molecule has 1 aromatic heterocycles. The summed E-state index contributed by atoms with van der Waals surface area (Å²) < 4.78 is 0. The van der Waals surface area contributed by atoms with Gasteiger partial charge in [-0.05, 0) is 12.3 Å². The molecule has 0 radical (unpaired) electrons. The summed E-state index contributed by atoms with van der Waals surface area (Å²) in [4.78, 5) is 3.08. The molecule has 1 aliphatic rings. The minimum Gasteiger partial charge on any atom is -0.456 e. The Bertz CT molecular complexity index is 375. The summed E-state index contributed by atoms with van der Waals surface area (Å²) in [6, 6.07) is 4.95. The van der Waals surface area contributed by atoms with Crippen LogP contribution in [0.25, 0.3) is 0 Å². The Hall–Kier alpha value is -0.617. The first-order valence-electron chi connectivity index (χ1n) is 5.71. The van der Waals surface area contributed by atoms with Crippen molar-refractivity contribution >= 4 is 0 Å². The Morgan fingerprint density at radius 3 is 2.06 bits per heavy atom. The Balaban J connectivity index is 0.000000292. The second kappa shape index (κ2) is 6.96. The van der Waals surface area contributed by atoms with Crippen LogP contribution >= 0.6 is 0 Å². The van der Waals surface area contributed by atoms with E-state index in [0.29, 0.717) is 5.41 Å². The summed E-state index contributed by atoms with van der Waals surface area (Å²) in [6.45, 7) is 10.7. The van der Waals surface area contributed by atoms with Crippen molar-refractivity contribution in [2.45, 2.75) is 41.0 Å². The van der Waals surface area contributed by atoms with Gasteiger partial charge in [-0.15, -0.1) is 12.1 Å². The molecule has 0 fully saturated rings. The molecule has 94 valence electrons. The molecule has 2 rings (SSSR count). The molecule has 1 heterocycles. The number of hydrogen-bond acceptors (Lipinski definition) is 0. The molecule has 0 aromatic carbocycles. The molecule has 1 aromatic rings. The van der Waals surface area contributed by atoms with Crippen molar-refractivity contribution < 1.29 is 19.5 Å². The van der Waals surface area contributed by atoms with Crippen LogP contribution in [0, 0.1) is 31.4 Å². The SMILES string of the molecule is CC(C)(C)C1=[C-]CC=C1.Cc1[c-]cc(C)[nH]1.[Ru+2]. The van der Waals surface area contributed by atoms with Gasteiger partial charge in [0.05, 0.1) is 0 Å². The van der Waals surface area contributed by atoms with Crippen molar-refractivity contribution in [2.24, 2.45) is 5.41 Å². The summed E-state index contributed by atoms with van der Waals surface area (Å²) in [5.41, 5.74) is 3.94. The van der Waals surface area contributed by atoms with E-state index in [1.165, 1.54) is 11.3 Å². The minimum atomic E-state index is 0. The van der Waals surface area contributed by atoms with E-state index in [4.69, 9.17) is 0 Å². The summed E-state index contributed by atoms with van der Waals surface area (Å²) in [7, 11) is 0.